The highest BCUT2D eigenvalue weighted by Crippen LogP contribution is 2.37. The van der Waals surface area contributed by atoms with Crippen molar-refractivity contribution in [3.05, 3.63) is 23.8 Å². The Balaban J connectivity index is 2.27. The Kier molecular flexibility index (Phi) is 17.9. The molecule has 244 valence electrons. The van der Waals surface area contributed by atoms with Gasteiger partial charge in [-0.3, -0.25) is 9.59 Å². The summed E-state index contributed by atoms with van der Waals surface area (Å²) in [5, 5.41) is 9.71. The zero-order chi connectivity index (χ0) is 31.6. The number of carbonyl (C=O) groups is 2. The molecule has 0 saturated heterocycles. The van der Waals surface area contributed by atoms with E-state index in [9.17, 15) is 14.9 Å². The third-order valence-electron chi connectivity index (χ3n) is 8.75. The Morgan fingerprint density at radius 3 is 2.44 bits per heavy atom. The zero-order valence-electron chi connectivity index (χ0n) is 27.3. The second kappa shape index (κ2) is 20.8. The molecule has 43 heavy (non-hydrogen) atoms. The van der Waals surface area contributed by atoms with Gasteiger partial charge in [-0.25, -0.2) is 0 Å². The minimum absolute atomic E-state index is 0.111. The second-order valence-electron chi connectivity index (χ2n) is 12.6. The molecule has 9 heteroatoms. The number of nitriles is 1. The molecule has 0 aromatic rings. The lowest BCUT2D eigenvalue weighted by atomic mass is 9.82. The molecule has 0 aromatic heterocycles. The topological polar surface area (TPSA) is 113 Å². The Morgan fingerprint density at radius 1 is 0.953 bits per heavy atom. The van der Waals surface area contributed by atoms with Gasteiger partial charge in [0.15, 0.2) is 5.78 Å². The Bertz CT molecular complexity index is 928. The Hall–Kier alpha value is -2.09. The van der Waals surface area contributed by atoms with Gasteiger partial charge in [0.2, 0.25) is 0 Å². The van der Waals surface area contributed by atoms with Crippen LogP contribution in [-0.4, -0.2) is 71.6 Å². The average Bonchev–Trinajstić information content (AvgIpc) is 3.43. The molecular formula is C34H55NO8. The van der Waals surface area contributed by atoms with E-state index in [2.05, 4.69) is 26.8 Å². The second-order valence-corrected chi connectivity index (χ2v) is 12.6. The van der Waals surface area contributed by atoms with Crippen LogP contribution in [0.15, 0.2) is 23.8 Å². The van der Waals surface area contributed by atoms with Crippen LogP contribution in [0.5, 0.6) is 0 Å². The third kappa shape index (κ3) is 13.6. The normalized spacial score (nSPS) is 33.9. The first kappa shape index (κ1) is 37.1. The fourth-order valence-electron chi connectivity index (χ4n) is 6.69. The van der Waals surface area contributed by atoms with E-state index in [1.54, 1.807) is 26.4 Å². The van der Waals surface area contributed by atoms with Gasteiger partial charge in [-0.05, 0) is 61.9 Å². The minimum Gasteiger partial charge on any atom is -0.462 e. The van der Waals surface area contributed by atoms with Crippen molar-refractivity contribution in [3.63, 3.8) is 0 Å². The molecule has 0 amide bonds. The van der Waals surface area contributed by atoms with E-state index in [1.807, 2.05) is 13.0 Å². The van der Waals surface area contributed by atoms with E-state index in [4.69, 9.17) is 28.4 Å². The number of ketones is 1. The van der Waals surface area contributed by atoms with E-state index in [0.29, 0.717) is 38.1 Å². The smallest absolute Gasteiger partial charge is 0.308 e. The summed E-state index contributed by atoms with van der Waals surface area (Å²) in [4.78, 5) is 26.5. The van der Waals surface area contributed by atoms with Crippen molar-refractivity contribution in [1.82, 2.24) is 0 Å². The number of nitrogens with zero attached hydrogens (tertiary/aromatic N) is 1. The highest BCUT2D eigenvalue weighted by atomic mass is 16.7. The number of hydrogen-bond donors (Lipinski definition) is 0. The highest BCUT2D eigenvalue weighted by Gasteiger charge is 2.36. The predicted octanol–water partition coefficient (Wildman–Crippen LogP) is 6.02. The van der Waals surface area contributed by atoms with E-state index in [-0.39, 0.29) is 73.2 Å². The van der Waals surface area contributed by atoms with Crippen LogP contribution in [0, 0.1) is 46.8 Å². The maximum absolute atomic E-state index is 13.4. The van der Waals surface area contributed by atoms with Crippen molar-refractivity contribution in [1.29, 1.82) is 5.26 Å². The number of allylic oxidation sites excluding steroid dienone is 3. The summed E-state index contributed by atoms with van der Waals surface area (Å²) in [6, 6.07) is 2.09. The van der Waals surface area contributed by atoms with Crippen LogP contribution >= 0.6 is 0 Å². The molecule has 8 atom stereocenters. The molecule has 1 fully saturated rings. The molecule has 1 aliphatic carbocycles. The molecule has 0 spiro atoms. The third-order valence-corrected chi connectivity index (χ3v) is 8.75. The Labute approximate surface area is 259 Å². The number of methoxy groups -OCH3 is 2. The fourth-order valence-corrected chi connectivity index (χ4v) is 6.69. The number of cyclic esters (lactones) is 1. The first-order valence-corrected chi connectivity index (χ1v) is 16.0. The van der Waals surface area contributed by atoms with Gasteiger partial charge in [0, 0.05) is 32.5 Å². The van der Waals surface area contributed by atoms with Crippen LogP contribution < -0.4 is 0 Å². The van der Waals surface area contributed by atoms with E-state index < -0.39 is 0 Å². The van der Waals surface area contributed by atoms with Crippen LogP contribution in [0.2, 0.25) is 0 Å². The number of ether oxygens (including phenoxy) is 6. The maximum Gasteiger partial charge on any atom is 0.308 e. The van der Waals surface area contributed by atoms with Crippen molar-refractivity contribution in [2.24, 2.45) is 35.5 Å². The van der Waals surface area contributed by atoms with Crippen molar-refractivity contribution < 1.29 is 38.0 Å². The number of esters is 1. The van der Waals surface area contributed by atoms with Crippen LogP contribution in [0.3, 0.4) is 0 Å². The molecule has 0 unspecified atom stereocenters. The largest absolute Gasteiger partial charge is 0.462 e. The molecule has 0 radical (unpaired) electrons. The van der Waals surface area contributed by atoms with E-state index in [1.165, 1.54) is 0 Å². The SMILES string of the molecule is COCCOCOC[C@@H]1CCC[C@H]1[C@@H]1C/C=C/C=C(/C#N)C(=O)[C@@H](C)C[C@H](C)C[C@H](C)C[C@H](C)[C@@H](OCOC)CC(=O)O1. The quantitative estimate of drug-likeness (QED) is 0.158. The molecule has 0 aromatic carbocycles. The highest BCUT2D eigenvalue weighted by molar-refractivity contribution is 6.00. The van der Waals surface area contributed by atoms with Gasteiger partial charge in [-0.2, -0.15) is 5.26 Å². The van der Waals surface area contributed by atoms with Gasteiger partial charge < -0.3 is 28.4 Å². The molecule has 1 saturated carbocycles. The van der Waals surface area contributed by atoms with E-state index >= 15 is 0 Å². The zero-order valence-corrected chi connectivity index (χ0v) is 27.3. The predicted molar refractivity (Wildman–Crippen MR) is 164 cm³/mol. The summed E-state index contributed by atoms with van der Waals surface area (Å²) in [5.74, 6) is 0.497. The minimum atomic E-state index is -0.361. The van der Waals surface area contributed by atoms with Gasteiger partial charge in [0.05, 0.1) is 37.9 Å². The summed E-state index contributed by atoms with van der Waals surface area (Å²) in [6.07, 6.45) is 10.7. The van der Waals surface area contributed by atoms with Crippen LogP contribution in [-0.2, 0) is 38.0 Å². The van der Waals surface area contributed by atoms with Crippen molar-refractivity contribution in [2.45, 2.75) is 91.3 Å². The summed E-state index contributed by atoms with van der Waals surface area (Å²) in [5.41, 5.74) is 0.158. The van der Waals surface area contributed by atoms with Crippen molar-refractivity contribution in [3.8, 4) is 6.07 Å². The van der Waals surface area contributed by atoms with Crippen molar-refractivity contribution >= 4 is 11.8 Å². The summed E-state index contributed by atoms with van der Waals surface area (Å²) in [6.45, 7) is 10.2. The lowest BCUT2D eigenvalue weighted by Crippen LogP contribution is -2.34. The first-order valence-electron chi connectivity index (χ1n) is 16.0. The monoisotopic (exact) mass is 605 g/mol. The molecule has 1 aliphatic heterocycles. The van der Waals surface area contributed by atoms with Crippen LogP contribution in [0.4, 0.5) is 0 Å². The number of carbonyl (C=O) groups excluding carboxylic acids is 2. The van der Waals surface area contributed by atoms with Crippen LogP contribution in [0.1, 0.15) is 79.1 Å². The summed E-state index contributed by atoms with van der Waals surface area (Å²) >= 11 is 0. The number of Topliss-reactive ketones (excluding diaryl/α,β-unsaturated/α-hetero) is 1. The summed E-state index contributed by atoms with van der Waals surface area (Å²) < 4.78 is 33.7. The fraction of sp³-hybridized carbons (Fsp3) is 0.794. The number of rotatable bonds is 11. The van der Waals surface area contributed by atoms with Gasteiger partial charge >= 0.3 is 5.97 Å². The lowest BCUT2D eigenvalue weighted by molar-refractivity contribution is -0.161. The average molecular weight is 606 g/mol. The van der Waals surface area contributed by atoms with Gasteiger partial charge in [-0.15, -0.1) is 0 Å². The number of hydrogen-bond acceptors (Lipinski definition) is 9. The Morgan fingerprint density at radius 2 is 1.72 bits per heavy atom. The molecule has 0 bridgehead atoms. The molecular weight excluding hydrogens is 550 g/mol. The standard InChI is InChI=1S/C34H55NO8/c1-24-16-25(2)18-27(4)34(37)28(20-35)10-7-8-13-31(43-33(36)19-32(26(3)17-24)42-22-39-6)30-12-9-11-29(30)21-41-23-40-15-14-38-5/h7-8,10,24-27,29-32H,9,11-19,21-23H2,1-6H3/b8-7+,28-10-/t24-,25+,26-,27-,29-,30+,31-,32-/m0/s1. The molecule has 0 N–H and O–H groups in total. The van der Waals surface area contributed by atoms with Gasteiger partial charge in [-0.1, -0.05) is 46.3 Å². The van der Waals surface area contributed by atoms with Gasteiger partial charge in [0.25, 0.3) is 0 Å². The maximum atomic E-state index is 13.4. The van der Waals surface area contributed by atoms with Crippen LogP contribution in [0.25, 0.3) is 0 Å². The summed E-state index contributed by atoms with van der Waals surface area (Å²) in [7, 11) is 3.21. The van der Waals surface area contributed by atoms with Crippen molar-refractivity contribution in [2.75, 3.05) is 47.6 Å². The van der Waals surface area contributed by atoms with E-state index in [0.717, 1.165) is 38.5 Å². The first-order chi connectivity index (χ1) is 20.7. The van der Waals surface area contributed by atoms with Gasteiger partial charge in [0.1, 0.15) is 25.8 Å². The lowest BCUT2D eigenvalue weighted by Gasteiger charge is -2.30. The molecule has 1 heterocycles. The molecule has 2 aliphatic rings. The molecule has 9 nitrogen and oxygen atoms in total. The molecule has 2 rings (SSSR count).